The molecule has 5 rings (SSSR count). The molecular formula is C30H29Cl2N3O3. The lowest BCUT2D eigenvalue weighted by atomic mass is 9.89. The topological polar surface area (TPSA) is 83.8 Å². The molecule has 196 valence electrons. The number of aromatic nitrogens is 1. The van der Waals surface area contributed by atoms with Crippen molar-refractivity contribution in [2.75, 3.05) is 20.2 Å². The molecule has 0 spiro atoms. The second kappa shape index (κ2) is 11.3. The summed E-state index contributed by atoms with van der Waals surface area (Å²) in [5.74, 6) is 0.773. The van der Waals surface area contributed by atoms with E-state index >= 15 is 0 Å². The minimum absolute atomic E-state index is 0.0577. The number of hydrogen-bond acceptors (Lipinski definition) is 6. The smallest absolute Gasteiger partial charge is 0.213 e. The average Bonchev–Trinajstić information content (AvgIpc) is 3.77. The number of aromatic hydroxyl groups is 1. The fourth-order valence-corrected chi connectivity index (χ4v) is 5.07. The van der Waals surface area contributed by atoms with Crippen molar-refractivity contribution in [2.45, 2.75) is 32.1 Å². The molecule has 1 unspecified atom stereocenters. The Labute approximate surface area is 232 Å². The maximum atomic E-state index is 13.5. The molecule has 2 aromatic carbocycles. The summed E-state index contributed by atoms with van der Waals surface area (Å²) in [7, 11) is 1.87. The van der Waals surface area contributed by atoms with Gasteiger partial charge in [-0.25, -0.2) is 9.98 Å². The van der Waals surface area contributed by atoms with Crippen molar-refractivity contribution >= 4 is 40.4 Å². The Bertz CT molecular complexity index is 1410. The summed E-state index contributed by atoms with van der Waals surface area (Å²) in [4.78, 5) is 22.9. The van der Waals surface area contributed by atoms with Gasteiger partial charge in [0, 0.05) is 29.7 Å². The van der Waals surface area contributed by atoms with E-state index in [2.05, 4.69) is 23.3 Å². The van der Waals surface area contributed by atoms with Gasteiger partial charge < -0.3 is 15.2 Å². The maximum Gasteiger partial charge on any atom is 0.213 e. The second-order valence-electron chi connectivity index (χ2n) is 9.75. The highest BCUT2D eigenvalue weighted by Crippen LogP contribution is 2.40. The molecule has 1 heterocycles. The number of phenols is 1. The molecule has 2 aliphatic carbocycles. The lowest BCUT2D eigenvalue weighted by molar-refractivity contribution is -0.116. The van der Waals surface area contributed by atoms with Crippen molar-refractivity contribution in [3.8, 4) is 22.8 Å². The molecule has 1 saturated carbocycles. The molecule has 38 heavy (non-hydrogen) atoms. The fourth-order valence-electron chi connectivity index (χ4n) is 4.58. The molecule has 0 radical (unpaired) electrons. The van der Waals surface area contributed by atoms with Crippen LogP contribution < -0.4 is 10.1 Å². The summed E-state index contributed by atoms with van der Waals surface area (Å²) in [6, 6.07) is 13.1. The lowest BCUT2D eigenvalue weighted by Crippen LogP contribution is -2.16. The predicted octanol–water partition coefficient (Wildman–Crippen LogP) is 6.89. The number of pyridine rings is 1. The van der Waals surface area contributed by atoms with Gasteiger partial charge in [-0.15, -0.1) is 0 Å². The monoisotopic (exact) mass is 549 g/mol. The second-order valence-corrected chi connectivity index (χ2v) is 10.6. The van der Waals surface area contributed by atoms with E-state index in [-0.39, 0.29) is 33.4 Å². The van der Waals surface area contributed by atoms with Crippen molar-refractivity contribution < 1.29 is 14.6 Å². The summed E-state index contributed by atoms with van der Waals surface area (Å²) < 4.78 is 5.65. The van der Waals surface area contributed by atoms with Crippen molar-refractivity contribution in [3.63, 3.8) is 0 Å². The molecule has 0 aliphatic heterocycles. The highest BCUT2D eigenvalue weighted by atomic mass is 35.5. The maximum absolute atomic E-state index is 13.5. The van der Waals surface area contributed by atoms with Crippen LogP contribution in [0.15, 0.2) is 65.3 Å². The van der Waals surface area contributed by atoms with Crippen LogP contribution in [0.25, 0.3) is 11.1 Å². The number of benzene rings is 2. The standard InChI is InChI=1S/C30H29Cl2N3O3/c1-17-3-8-23(29(36)18-4-5-18)28(35-21-7-10-27(34-16-21)38-12-11-33-2)24-13-19(6-9-22(17)24)20-14-25(31)30(37)26(32)15-20/h6-10,13-18,33,37H,3-5,11-12H2,1-2H3. The number of Topliss-reactive ketones (excluding diaryl/α,β-unsaturated/α-hetero) is 1. The van der Waals surface area contributed by atoms with Gasteiger partial charge in [0.1, 0.15) is 6.61 Å². The van der Waals surface area contributed by atoms with Gasteiger partial charge in [-0.1, -0.05) is 48.3 Å². The highest BCUT2D eigenvalue weighted by molar-refractivity contribution is 6.37. The third kappa shape index (κ3) is 5.63. The summed E-state index contributed by atoms with van der Waals surface area (Å²) in [6.07, 6.45) is 6.28. The van der Waals surface area contributed by atoms with E-state index in [1.165, 1.54) is 0 Å². The van der Waals surface area contributed by atoms with E-state index in [0.717, 1.165) is 48.1 Å². The van der Waals surface area contributed by atoms with Gasteiger partial charge in [0.2, 0.25) is 5.88 Å². The molecular weight excluding hydrogens is 521 g/mol. The van der Waals surface area contributed by atoms with Gasteiger partial charge in [-0.2, -0.15) is 0 Å². The number of carbonyl (C=O) groups is 1. The first kappa shape index (κ1) is 26.4. The largest absolute Gasteiger partial charge is 0.505 e. The SMILES string of the molecule is CNCCOc1ccc(N=C2C(C(=O)C3CC3)=CCC(C)c3ccc(-c4cc(Cl)c(O)c(Cl)c4)cc32)cn1. The molecule has 1 atom stereocenters. The number of ether oxygens (including phenoxy) is 1. The summed E-state index contributed by atoms with van der Waals surface area (Å²) in [5.41, 5.74) is 5.56. The number of rotatable bonds is 8. The Morgan fingerprint density at radius 2 is 1.89 bits per heavy atom. The van der Waals surface area contributed by atoms with Crippen LogP contribution in [0.4, 0.5) is 5.69 Å². The minimum atomic E-state index is -0.145. The number of phenolic OH excluding ortho intramolecular Hbond substituents is 1. The Morgan fingerprint density at radius 1 is 1.13 bits per heavy atom. The molecule has 1 fully saturated rings. The molecule has 2 N–H and O–H groups in total. The Kier molecular flexibility index (Phi) is 7.84. The number of fused-ring (bicyclic) bond motifs is 1. The predicted molar refractivity (Wildman–Crippen MR) is 152 cm³/mol. The Balaban J connectivity index is 1.61. The van der Waals surface area contributed by atoms with Gasteiger partial charge in [0.25, 0.3) is 0 Å². The number of nitrogens with one attached hydrogen (secondary N) is 1. The number of carbonyl (C=O) groups excluding carboxylic acids is 1. The molecule has 8 heteroatoms. The molecule has 0 saturated heterocycles. The third-order valence-electron chi connectivity index (χ3n) is 6.90. The molecule has 2 aliphatic rings. The van der Waals surface area contributed by atoms with Crippen molar-refractivity contribution in [3.05, 3.63) is 81.5 Å². The number of allylic oxidation sites excluding steroid dienone is 2. The van der Waals surface area contributed by atoms with E-state index in [1.54, 1.807) is 24.4 Å². The van der Waals surface area contributed by atoms with Gasteiger partial charge in [0.15, 0.2) is 11.5 Å². The van der Waals surface area contributed by atoms with Gasteiger partial charge in [-0.3, -0.25) is 4.79 Å². The first-order valence-corrected chi connectivity index (χ1v) is 13.5. The first-order valence-electron chi connectivity index (χ1n) is 12.7. The zero-order valence-electron chi connectivity index (χ0n) is 21.3. The van der Waals surface area contributed by atoms with Crippen LogP contribution >= 0.6 is 23.2 Å². The molecule has 0 bridgehead atoms. The van der Waals surface area contributed by atoms with Crippen LogP contribution in [-0.2, 0) is 4.79 Å². The van der Waals surface area contributed by atoms with Gasteiger partial charge in [0.05, 0.1) is 27.6 Å². The van der Waals surface area contributed by atoms with Crippen molar-refractivity contribution in [2.24, 2.45) is 10.9 Å². The van der Waals surface area contributed by atoms with E-state index < -0.39 is 0 Å². The van der Waals surface area contributed by atoms with Crippen molar-refractivity contribution in [1.82, 2.24) is 10.3 Å². The fraction of sp³-hybridized carbons (Fsp3) is 0.300. The van der Waals surface area contributed by atoms with Crippen LogP contribution in [0.3, 0.4) is 0 Å². The summed E-state index contributed by atoms with van der Waals surface area (Å²) >= 11 is 12.4. The number of halogens is 2. The average molecular weight is 550 g/mol. The van der Waals surface area contributed by atoms with E-state index in [9.17, 15) is 9.90 Å². The van der Waals surface area contributed by atoms with E-state index in [0.29, 0.717) is 29.5 Å². The van der Waals surface area contributed by atoms with Crippen molar-refractivity contribution in [1.29, 1.82) is 0 Å². The van der Waals surface area contributed by atoms with Crippen LogP contribution in [-0.4, -0.2) is 41.8 Å². The number of ketones is 1. The van der Waals surface area contributed by atoms with Gasteiger partial charge >= 0.3 is 0 Å². The van der Waals surface area contributed by atoms with Crippen LogP contribution in [0.5, 0.6) is 11.6 Å². The minimum Gasteiger partial charge on any atom is -0.505 e. The van der Waals surface area contributed by atoms with Gasteiger partial charge in [-0.05, 0) is 73.2 Å². The number of aliphatic imine (C=N–C) groups is 1. The molecule has 0 amide bonds. The number of likely N-dealkylation sites (N-methyl/N-ethyl adjacent to an activating group) is 1. The lowest BCUT2D eigenvalue weighted by Gasteiger charge is -2.17. The summed E-state index contributed by atoms with van der Waals surface area (Å²) in [6.45, 7) is 3.39. The van der Waals surface area contributed by atoms with Crippen LogP contribution in [0.2, 0.25) is 10.0 Å². The zero-order valence-corrected chi connectivity index (χ0v) is 22.8. The first-order chi connectivity index (χ1) is 18.4. The van der Waals surface area contributed by atoms with E-state index in [1.807, 2.05) is 31.3 Å². The zero-order chi connectivity index (χ0) is 26.8. The quantitative estimate of drug-likeness (QED) is 0.299. The molecule has 3 aromatic rings. The molecule has 6 nitrogen and oxygen atoms in total. The highest BCUT2D eigenvalue weighted by Gasteiger charge is 2.35. The van der Waals surface area contributed by atoms with Crippen LogP contribution in [0.1, 0.15) is 43.2 Å². The normalized spacial score (nSPS) is 18.1. The molecule has 1 aromatic heterocycles. The summed E-state index contributed by atoms with van der Waals surface area (Å²) in [5, 5.41) is 13.4. The van der Waals surface area contributed by atoms with Crippen LogP contribution in [0, 0.1) is 5.92 Å². The number of nitrogens with zero attached hydrogens (tertiary/aromatic N) is 2. The number of hydrogen-bond donors (Lipinski definition) is 2. The van der Waals surface area contributed by atoms with E-state index in [4.69, 9.17) is 32.9 Å². The third-order valence-corrected chi connectivity index (χ3v) is 7.47. The Morgan fingerprint density at radius 3 is 2.55 bits per heavy atom. The Hall–Kier alpha value is -3.19.